The number of rotatable bonds is 7. The van der Waals surface area contributed by atoms with Gasteiger partial charge in [-0.3, -0.25) is 9.69 Å². The van der Waals surface area contributed by atoms with Crippen LogP contribution in [0.15, 0.2) is 67.3 Å². The summed E-state index contributed by atoms with van der Waals surface area (Å²) in [6.45, 7) is 3.97. The van der Waals surface area contributed by atoms with Gasteiger partial charge in [0.15, 0.2) is 0 Å². The van der Waals surface area contributed by atoms with Gasteiger partial charge in [0.25, 0.3) is 0 Å². The number of carbonyl (C=O) groups excluding carboxylic acids is 3. The molecule has 1 N–H and O–H groups in total. The highest BCUT2D eigenvalue weighted by atomic mass is 16.6. The molecule has 3 rings (SSSR count). The van der Waals surface area contributed by atoms with E-state index in [0.717, 1.165) is 16.7 Å². The molecule has 1 heterocycles. The van der Waals surface area contributed by atoms with Gasteiger partial charge in [0, 0.05) is 6.42 Å². The number of fused-ring (bicyclic) bond motifs is 1. The molecule has 0 radical (unpaired) electrons. The molecule has 0 aliphatic carbocycles. The lowest BCUT2D eigenvalue weighted by molar-refractivity contribution is -0.145. The largest absolute Gasteiger partial charge is 0.467 e. The van der Waals surface area contributed by atoms with Crippen molar-refractivity contribution in [1.82, 2.24) is 10.2 Å². The average Bonchev–Trinajstić information content (AvgIpc) is 2.81. The number of hydrogen-bond donors (Lipinski definition) is 1. The second kappa shape index (κ2) is 10.4. The molecule has 2 aromatic carbocycles. The Kier molecular flexibility index (Phi) is 7.43. The average molecular weight is 422 g/mol. The van der Waals surface area contributed by atoms with Gasteiger partial charge in [0.2, 0.25) is 5.91 Å². The minimum absolute atomic E-state index is 0.105. The zero-order valence-corrected chi connectivity index (χ0v) is 17.5. The van der Waals surface area contributed by atoms with Crippen LogP contribution >= 0.6 is 0 Å². The van der Waals surface area contributed by atoms with Gasteiger partial charge >= 0.3 is 12.1 Å². The van der Waals surface area contributed by atoms with E-state index in [4.69, 9.17) is 9.47 Å². The molecule has 1 aliphatic heterocycles. The lowest BCUT2D eigenvalue weighted by Gasteiger charge is -2.35. The van der Waals surface area contributed by atoms with Crippen LogP contribution in [0.3, 0.4) is 0 Å². The molecule has 7 heteroatoms. The lowest BCUT2D eigenvalue weighted by Crippen LogP contribution is -2.55. The van der Waals surface area contributed by atoms with Crippen molar-refractivity contribution in [2.24, 2.45) is 0 Å². The van der Waals surface area contributed by atoms with Crippen LogP contribution < -0.4 is 5.32 Å². The van der Waals surface area contributed by atoms with Crippen molar-refractivity contribution in [3.8, 4) is 0 Å². The molecular weight excluding hydrogens is 396 g/mol. The number of carbonyl (C=O) groups is 3. The Hall–Kier alpha value is -3.61. The maximum absolute atomic E-state index is 13.1. The minimum Gasteiger partial charge on any atom is -0.467 e. The first kappa shape index (κ1) is 22.1. The topological polar surface area (TPSA) is 84.9 Å². The fraction of sp³-hybridized carbons (Fsp3) is 0.292. The molecule has 31 heavy (non-hydrogen) atoms. The summed E-state index contributed by atoms with van der Waals surface area (Å²) in [5, 5.41) is 2.69. The van der Waals surface area contributed by atoms with Crippen LogP contribution in [0.5, 0.6) is 0 Å². The summed E-state index contributed by atoms with van der Waals surface area (Å²) in [5.41, 5.74) is 2.79. The zero-order chi connectivity index (χ0) is 22.2. The molecule has 162 valence electrons. The lowest BCUT2D eigenvalue weighted by atomic mass is 9.93. The van der Waals surface area contributed by atoms with Crippen LogP contribution in [0.1, 0.15) is 23.1 Å². The maximum atomic E-state index is 13.1. The van der Waals surface area contributed by atoms with Crippen LogP contribution in [0.2, 0.25) is 0 Å². The first-order valence-electron chi connectivity index (χ1n) is 10.1. The van der Waals surface area contributed by atoms with Crippen molar-refractivity contribution in [3.63, 3.8) is 0 Å². The summed E-state index contributed by atoms with van der Waals surface area (Å²) in [5.74, 6) is -1.01. The minimum atomic E-state index is -0.866. The molecule has 0 aromatic heterocycles. The van der Waals surface area contributed by atoms with Crippen LogP contribution in [0.25, 0.3) is 0 Å². The first-order valence-corrected chi connectivity index (χ1v) is 10.1. The summed E-state index contributed by atoms with van der Waals surface area (Å²) in [6, 6.07) is 15.3. The van der Waals surface area contributed by atoms with Crippen molar-refractivity contribution in [1.29, 1.82) is 0 Å². The fourth-order valence-electron chi connectivity index (χ4n) is 3.54. The third kappa shape index (κ3) is 5.51. The second-order valence-electron chi connectivity index (χ2n) is 7.27. The molecular formula is C24H26N2O5. The van der Waals surface area contributed by atoms with Gasteiger partial charge in [0.1, 0.15) is 18.7 Å². The third-order valence-electron chi connectivity index (χ3n) is 5.20. The number of methoxy groups -OCH3 is 1. The molecule has 0 saturated heterocycles. The van der Waals surface area contributed by atoms with E-state index < -0.39 is 30.1 Å². The van der Waals surface area contributed by atoms with Gasteiger partial charge in [-0.1, -0.05) is 60.7 Å². The van der Waals surface area contributed by atoms with Gasteiger partial charge in [-0.05, 0) is 23.1 Å². The quantitative estimate of drug-likeness (QED) is 0.548. The van der Waals surface area contributed by atoms with Crippen molar-refractivity contribution in [3.05, 3.63) is 83.9 Å². The van der Waals surface area contributed by atoms with Crippen LogP contribution in [-0.4, -0.2) is 42.1 Å². The van der Waals surface area contributed by atoms with Gasteiger partial charge in [-0.25, -0.2) is 9.59 Å². The van der Waals surface area contributed by atoms with Gasteiger partial charge in [-0.15, -0.1) is 6.58 Å². The van der Waals surface area contributed by atoms with E-state index in [1.807, 2.05) is 54.6 Å². The Labute approximate surface area is 181 Å². The van der Waals surface area contributed by atoms with E-state index in [1.54, 1.807) is 0 Å². The number of benzene rings is 2. The highest BCUT2D eigenvalue weighted by Crippen LogP contribution is 2.24. The summed E-state index contributed by atoms with van der Waals surface area (Å²) >= 11 is 0. The predicted molar refractivity (Wildman–Crippen MR) is 115 cm³/mol. The Bertz CT molecular complexity index is 944. The van der Waals surface area contributed by atoms with E-state index in [1.165, 1.54) is 18.1 Å². The number of nitrogens with one attached hydrogen (secondary N) is 1. The molecule has 7 nitrogen and oxygen atoms in total. The van der Waals surface area contributed by atoms with Crippen molar-refractivity contribution >= 4 is 18.0 Å². The Morgan fingerprint density at radius 2 is 1.81 bits per heavy atom. The van der Waals surface area contributed by atoms with Crippen molar-refractivity contribution < 1.29 is 23.9 Å². The standard InChI is InChI=1S/C24H26N2O5/c1-3-9-20(23(28)30-2)25-22(27)21-14-18-12-7-8-13-19(18)15-26(21)24(29)31-16-17-10-5-4-6-11-17/h3-8,10-13,20-21H,1,9,14-16H2,2H3,(H,25,27)/t20-,21+/m1/s1. The SMILES string of the molecule is C=CC[C@@H](NC(=O)[C@@H]1Cc2ccccc2CN1C(=O)OCc1ccccc1)C(=O)OC. The van der Waals surface area contributed by atoms with E-state index in [2.05, 4.69) is 11.9 Å². The summed E-state index contributed by atoms with van der Waals surface area (Å²) in [7, 11) is 1.26. The highest BCUT2D eigenvalue weighted by Gasteiger charge is 2.37. The Morgan fingerprint density at radius 3 is 2.48 bits per heavy atom. The number of esters is 1. The monoisotopic (exact) mass is 422 g/mol. The Balaban J connectivity index is 1.78. The van der Waals surface area contributed by atoms with E-state index >= 15 is 0 Å². The molecule has 1 aliphatic rings. The van der Waals surface area contributed by atoms with Crippen molar-refractivity contribution in [2.45, 2.75) is 38.1 Å². The smallest absolute Gasteiger partial charge is 0.411 e. The maximum Gasteiger partial charge on any atom is 0.411 e. The molecule has 0 bridgehead atoms. The summed E-state index contributed by atoms with van der Waals surface area (Å²) < 4.78 is 10.2. The molecule has 0 spiro atoms. The molecule has 2 atom stereocenters. The molecule has 0 fully saturated rings. The molecule has 0 saturated carbocycles. The zero-order valence-electron chi connectivity index (χ0n) is 17.5. The summed E-state index contributed by atoms with van der Waals surface area (Å²) in [6.07, 6.45) is 1.49. The van der Waals surface area contributed by atoms with E-state index in [9.17, 15) is 14.4 Å². The molecule has 2 amide bonds. The first-order chi connectivity index (χ1) is 15.0. The number of nitrogens with zero attached hydrogens (tertiary/aromatic N) is 1. The Morgan fingerprint density at radius 1 is 1.13 bits per heavy atom. The van der Waals surface area contributed by atoms with E-state index in [0.29, 0.717) is 6.42 Å². The number of amides is 2. The van der Waals surface area contributed by atoms with Crippen molar-refractivity contribution in [2.75, 3.05) is 7.11 Å². The molecule has 0 unspecified atom stereocenters. The third-order valence-corrected chi connectivity index (χ3v) is 5.20. The van der Waals surface area contributed by atoms with Crippen LogP contribution in [-0.2, 0) is 38.6 Å². The second-order valence-corrected chi connectivity index (χ2v) is 7.27. The predicted octanol–water partition coefficient (Wildman–Crippen LogP) is 2.98. The van der Waals surface area contributed by atoms with Gasteiger partial charge < -0.3 is 14.8 Å². The van der Waals surface area contributed by atoms with E-state index in [-0.39, 0.29) is 19.6 Å². The van der Waals surface area contributed by atoms with Gasteiger partial charge in [-0.2, -0.15) is 0 Å². The van der Waals surface area contributed by atoms with Crippen LogP contribution in [0.4, 0.5) is 4.79 Å². The summed E-state index contributed by atoms with van der Waals surface area (Å²) in [4.78, 5) is 39.4. The van der Waals surface area contributed by atoms with Crippen LogP contribution in [0, 0.1) is 0 Å². The highest BCUT2D eigenvalue weighted by molar-refractivity contribution is 5.90. The normalized spacial score (nSPS) is 15.9. The fourth-order valence-corrected chi connectivity index (χ4v) is 3.54. The number of ether oxygens (including phenoxy) is 2. The number of hydrogen-bond acceptors (Lipinski definition) is 5. The molecule has 2 aromatic rings. The van der Waals surface area contributed by atoms with Gasteiger partial charge in [0.05, 0.1) is 13.7 Å².